The fourth-order valence-corrected chi connectivity index (χ4v) is 1.42. The van der Waals surface area contributed by atoms with Crippen LogP contribution in [0.15, 0.2) is 23.2 Å². The van der Waals surface area contributed by atoms with E-state index in [0.29, 0.717) is 15.9 Å². The summed E-state index contributed by atoms with van der Waals surface area (Å²) in [7, 11) is 0. The molecule has 1 aromatic carbocycles. The van der Waals surface area contributed by atoms with Crippen molar-refractivity contribution in [2.75, 3.05) is 0 Å². The van der Waals surface area contributed by atoms with Crippen molar-refractivity contribution in [3.8, 4) is 5.75 Å². The minimum absolute atomic E-state index is 0.171. The Morgan fingerprint density at radius 3 is 2.92 bits per heavy atom. The molecule has 2 nitrogen and oxygen atoms in total. The third-order valence-electron chi connectivity index (χ3n) is 1.79. The molecule has 0 fully saturated rings. The Balaban J connectivity index is 2.51. The second-order valence-corrected chi connectivity index (χ2v) is 3.63. The van der Waals surface area contributed by atoms with Crippen molar-refractivity contribution in [3.63, 3.8) is 0 Å². The molecule has 0 saturated heterocycles. The predicted molar refractivity (Wildman–Crippen MR) is 54.5 cm³/mol. The monoisotopic (exact) mass is 215 g/mol. The van der Waals surface area contributed by atoms with Crippen LogP contribution in [0.5, 0.6) is 5.75 Å². The van der Waals surface area contributed by atoms with Gasteiger partial charge in [-0.2, -0.15) is 0 Å². The smallest absolute Gasteiger partial charge is 0.149 e. The van der Waals surface area contributed by atoms with Gasteiger partial charge in [0.25, 0.3) is 0 Å². The van der Waals surface area contributed by atoms with E-state index in [9.17, 15) is 0 Å². The normalized spacial score (nSPS) is 20.2. The summed E-state index contributed by atoms with van der Waals surface area (Å²) in [6.07, 6.45) is -0.171. The molecule has 1 aromatic rings. The van der Waals surface area contributed by atoms with Crippen LogP contribution in [-0.4, -0.2) is 11.3 Å². The third-order valence-corrected chi connectivity index (χ3v) is 2.41. The van der Waals surface area contributed by atoms with Gasteiger partial charge in [0, 0.05) is 5.02 Å². The Morgan fingerprint density at radius 1 is 1.38 bits per heavy atom. The average Bonchev–Trinajstić information content (AvgIpc) is 2.08. The molecular weight excluding hydrogens is 209 g/mol. The summed E-state index contributed by atoms with van der Waals surface area (Å²) < 4.78 is 5.48. The lowest BCUT2D eigenvalue weighted by Crippen LogP contribution is -2.21. The molecule has 13 heavy (non-hydrogen) atoms. The Morgan fingerprint density at radius 2 is 2.15 bits per heavy atom. The first-order valence-corrected chi connectivity index (χ1v) is 4.62. The molecule has 0 amide bonds. The molecule has 1 aliphatic rings. The summed E-state index contributed by atoms with van der Waals surface area (Å²) in [6.45, 7) is 1.85. The van der Waals surface area contributed by atoms with Gasteiger partial charge in [-0.1, -0.05) is 23.2 Å². The van der Waals surface area contributed by atoms with Crippen LogP contribution in [-0.2, 0) is 0 Å². The van der Waals surface area contributed by atoms with Crippen molar-refractivity contribution in [3.05, 3.63) is 23.2 Å². The summed E-state index contributed by atoms with van der Waals surface area (Å²) in [4.78, 5) is 4.16. The van der Waals surface area contributed by atoms with Gasteiger partial charge >= 0.3 is 0 Å². The highest BCUT2D eigenvalue weighted by Crippen LogP contribution is 2.35. The number of hydrogen-bond acceptors (Lipinski definition) is 2. The maximum atomic E-state index is 5.83. The Kier molecular flexibility index (Phi) is 2.18. The molecule has 0 bridgehead atoms. The van der Waals surface area contributed by atoms with Gasteiger partial charge in [-0.05, 0) is 25.1 Å². The third kappa shape index (κ3) is 1.64. The fourth-order valence-electron chi connectivity index (χ4n) is 1.12. The standard InChI is InChI=1S/C9H7Cl2NO/c1-5-9(11)12-7-4-6(10)2-3-8(7)13-5/h2-5H,1H3. The van der Waals surface area contributed by atoms with Gasteiger partial charge in [-0.15, -0.1) is 0 Å². The van der Waals surface area contributed by atoms with E-state index in [2.05, 4.69) is 4.99 Å². The Hall–Kier alpha value is -0.730. The summed E-state index contributed by atoms with van der Waals surface area (Å²) in [5.41, 5.74) is 0.690. The minimum atomic E-state index is -0.171. The second-order valence-electron chi connectivity index (χ2n) is 2.81. The van der Waals surface area contributed by atoms with Crippen LogP contribution in [0.25, 0.3) is 0 Å². The van der Waals surface area contributed by atoms with Crippen LogP contribution in [0, 0.1) is 0 Å². The molecule has 4 heteroatoms. The van der Waals surface area contributed by atoms with Crippen LogP contribution in [0.4, 0.5) is 5.69 Å². The zero-order valence-electron chi connectivity index (χ0n) is 6.92. The number of nitrogens with zero attached hydrogens (tertiary/aromatic N) is 1. The van der Waals surface area contributed by atoms with Crippen molar-refractivity contribution < 1.29 is 4.74 Å². The predicted octanol–water partition coefficient (Wildman–Crippen LogP) is 3.39. The van der Waals surface area contributed by atoms with Crippen molar-refractivity contribution >= 4 is 34.1 Å². The van der Waals surface area contributed by atoms with Gasteiger partial charge in [0.2, 0.25) is 0 Å². The average molecular weight is 216 g/mol. The molecule has 68 valence electrons. The number of aliphatic imine (C=N–C) groups is 1. The first kappa shape index (κ1) is 8.85. The number of halogens is 2. The van der Waals surface area contributed by atoms with E-state index in [1.165, 1.54) is 0 Å². The van der Waals surface area contributed by atoms with E-state index in [4.69, 9.17) is 27.9 Å². The highest BCUT2D eigenvalue weighted by Gasteiger charge is 2.18. The van der Waals surface area contributed by atoms with Gasteiger partial charge in [-0.25, -0.2) is 4.99 Å². The van der Waals surface area contributed by atoms with Crippen molar-refractivity contribution in [1.29, 1.82) is 0 Å². The van der Waals surface area contributed by atoms with E-state index < -0.39 is 0 Å². The summed E-state index contributed by atoms with van der Waals surface area (Å²) in [6, 6.07) is 5.29. The van der Waals surface area contributed by atoms with E-state index in [-0.39, 0.29) is 6.10 Å². The lowest BCUT2D eigenvalue weighted by molar-refractivity contribution is 0.286. The molecule has 1 atom stereocenters. The molecule has 0 aromatic heterocycles. The summed E-state index contributed by atoms with van der Waals surface area (Å²) >= 11 is 11.6. The SMILES string of the molecule is CC1Oc2ccc(Cl)cc2N=C1Cl. The van der Waals surface area contributed by atoms with Crippen LogP contribution in [0.3, 0.4) is 0 Å². The molecule has 0 N–H and O–H groups in total. The number of ether oxygens (including phenoxy) is 1. The fraction of sp³-hybridized carbons (Fsp3) is 0.222. The molecule has 1 aliphatic heterocycles. The van der Waals surface area contributed by atoms with Crippen molar-refractivity contribution in [2.24, 2.45) is 4.99 Å². The van der Waals surface area contributed by atoms with Gasteiger partial charge < -0.3 is 4.74 Å². The molecular formula is C9H7Cl2NO. The minimum Gasteiger partial charge on any atom is -0.481 e. The van der Waals surface area contributed by atoms with Crippen LogP contribution in [0.2, 0.25) is 5.02 Å². The number of fused-ring (bicyclic) bond motifs is 1. The molecule has 0 radical (unpaired) electrons. The van der Waals surface area contributed by atoms with E-state index in [0.717, 1.165) is 5.75 Å². The van der Waals surface area contributed by atoms with Crippen molar-refractivity contribution in [1.82, 2.24) is 0 Å². The maximum absolute atomic E-state index is 5.83. The van der Waals surface area contributed by atoms with Gasteiger partial charge in [0.1, 0.15) is 22.7 Å². The molecule has 0 aliphatic carbocycles. The zero-order chi connectivity index (χ0) is 9.42. The highest BCUT2D eigenvalue weighted by atomic mass is 35.5. The topological polar surface area (TPSA) is 21.6 Å². The number of hydrogen-bond donors (Lipinski definition) is 0. The molecule has 0 saturated carbocycles. The summed E-state index contributed by atoms with van der Waals surface area (Å²) in [5.74, 6) is 0.723. The zero-order valence-corrected chi connectivity index (χ0v) is 8.43. The number of rotatable bonds is 0. The molecule has 2 rings (SSSR count). The Labute approximate surface area is 86.1 Å². The highest BCUT2D eigenvalue weighted by molar-refractivity contribution is 6.66. The Bertz CT molecular complexity index is 376. The maximum Gasteiger partial charge on any atom is 0.149 e. The van der Waals surface area contributed by atoms with Crippen LogP contribution >= 0.6 is 23.2 Å². The van der Waals surface area contributed by atoms with E-state index in [1.54, 1.807) is 18.2 Å². The van der Waals surface area contributed by atoms with E-state index >= 15 is 0 Å². The quantitative estimate of drug-likeness (QED) is 0.651. The second kappa shape index (κ2) is 3.20. The lowest BCUT2D eigenvalue weighted by atomic mass is 10.2. The largest absolute Gasteiger partial charge is 0.481 e. The van der Waals surface area contributed by atoms with Crippen LogP contribution in [0.1, 0.15) is 6.92 Å². The number of benzene rings is 1. The van der Waals surface area contributed by atoms with Gasteiger partial charge in [0.05, 0.1) is 0 Å². The van der Waals surface area contributed by atoms with Gasteiger partial charge in [0.15, 0.2) is 0 Å². The molecule has 1 unspecified atom stereocenters. The van der Waals surface area contributed by atoms with E-state index in [1.807, 2.05) is 6.92 Å². The molecule has 0 spiro atoms. The summed E-state index contributed by atoms with van der Waals surface area (Å²) in [5, 5.41) is 1.08. The first-order chi connectivity index (χ1) is 6.16. The van der Waals surface area contributed by atoms with Crippen molar-refractivity contribution in [2.45, 2.75) is 13.0 Å². The van der Waals surface area contributed by atoms with Gasteiger partial charge in [-0.3, -0.25) is 0 Å². The lowest BCUT2D eigenvalue weighted by Gasteiger charge is -2.19. The molecule has 1 heterocycles. The van der Waals surface area contributed by atoms with Crippen LogP contribution < -0.4 is 4.74 Å². The first-order valence-electron chi connectivity index (χ1n) is 3.87.